The van der Waals surface area contributed by atoms with E-state index in [9.17, 15) is 9.90 Å². The van der Waals surface area contributed by atoms with Crippen LogP contribution in [0.1, 0.15) is 213 Å². The molecular weight excluding hydrogens is 568 g/mol. The van der Waals surface area contributed by atoms with Crippen LogP contribution in [0.5, 0.6) is 0 Å². The lowest BCUT2D eigenvalue weighted by Gasteiger charge is -2.15. The summed E-state index contributed by atoms with van der Waals surface area (Å²) in [7, 11) is 0. The largest absolute Gasteiger partial charge is 0.457 e. The third kappa shape index (κ3) is 37.3. The van der Waals surface area contributed by atoms with E-state index in [-0.39, 0.29) is 12.6 Å². The Labute approximate surface area is 288 Å². The molecule has 0 aliphatic heterocycles. The third-order valence-electron chi connectivity index (χ3n) is 9.03. The van der Waals surface area contributed by atoms with Gasteiger partial charge in [0.05, 0.1) is 13.2 Å². The lowest BCUT2D eigenvalue weighted by Crippen LogP contribution is -2.27. The first-order valence-electron chi connectivity index (χ1n) is 20.4. The van der Waals surface area contributed by atoms with Crippen LogP contribution in [0.25, 0.3) is 0 Å². The highest BCUT2D eigenvalue weighted by molar-refractivity contribution is 5.69. The average molecular weight is 649 g/mol. The van der Waals surface area contributed by atoms with Crippen molar-refractivity contribution in [1.82, 2.24) is 0 Å². The molecule has 0 heterocycles. The van der Waals surface area contributed by atoms with Crippen LogP contribution in [-0.2, 0) is 14.3 Å². The molecule has 0 aromatic heterocycles. The highest BCUT2D eigenvalue weighted by Gasteiger charge is 2.13. The zero-order valence-corrected chi connectivity index (χ0v) is 31.1. The average Bonchev–Trinajstić information content (AvgIpc) is 3.06. The molecule has 0 aromatic rings. The number of carbonyl (C=O) groups excluding carboxylic acids is 1. The minimum Gasteiger partial charge on any atom is -0.457 e. The van der Waals surface area contributed by atoms with Crippen LogP contribution in [0.15, 0.2) is 24.3 Å². The van der Waals surface area contributed by atoms with Crippen LogP contribution < -0.4 is 0 Å². The van der Waals surface area contributed by atoms with E-state index in [0.717, 1.165) is 38.5 Å². The van der Waals surface area contributed by atoms with Gasteiger partial charge in [0.25, 0.3) is 0 Å². The van der Waals surface area contributed by atoms with Gasteiger partial charge in [-0.1, -0.05) is 192 Å². The van der Waals surface area contributed by atoms with E-state index in [4.69, 9.17) is 9.47 Å². The molecule has 0 fully saturated rings. The van der Waals surface area contributed by atoms with Gasteiger partial charge in [-0.2, -0.15) is 0 Å². The molecule has 4 heteroatoms. The summed E-state index contributed by atoms with van der Waals surface area (Å²) < 4.78 is 11.1. The first kappa shape index (κ1) is 44.9. The second-order valence-corrected chi connectivity index (χ2v) is 13.7. The Balaban J connectivity index is 3.39. The molecule has 0 amide bonds. The first-order chi connectivity index (χ1) is 22.7. The monoisotopic (exact) mass is 649 g/mol. The maximum Gasteiger partial charge on any atom is 0.306 e. The zero-order chi connectivity index (χ0) is 33.4. The predicted molar refractivity (Wildman–Crippen MR) is 201 cm³/mol. The molecule has 0 saturated carbocycles. The van der Waals surface area contributed by atoms with Crippen molar-refractivity contribution in [1.29, 1.82) is 0 Å². The van der Waals surface area contributed by atoms with Gasteiger partial charge in [0.1, 0.15) is 6.10 Å². The summed E-state index contributed by atoms with van der Waals surface area (Å²) in [5.74, 6) is -0.212. The second kappa shape index (κ2) is 40.0. The van der Waals surface area contributed by atoms with Crippen molar-refractivity contribution < 1.29 is 19.4 Å². The van der Waals surface area contributed by atoms with E-state index < -0.39 is 6.10 Å². The number of carbonyl (C=O) groups is 1. The van der Waals surface area contributed by atoms with E-state index in [0.29, 0.717) is 19.6 Å². The lowest BCUT2D eigenvalue weighted by atomic mass is 10.0. The van der Waals surface area contributed by atoms with Crippen LogP contribution in [0.3, 0.4) is 0 Å². The number of rotatable bonds is 38. The Kier molecular flexibility index (Phi) is 39.1. The summed E-state index contributed by atoms with van der Waals surface area (Å²) in [6, 6.07) is 0. The highest BCUT2D eigenvalue weighted by Crippen LogP contribution is 2.15. The fraction of sp³-hybridized carbons (Fsp3) is 0.881. The molecule has 1 unspecified atom stereocenters. The number of aliphatic hydroxyl groups excluding tert-OH is 1. The van der Waals surface area contributed by atoms with E-state index in [1.165, 1.54) is 154 Å². The summed E-state index contributed by atoms with van der Waals surface area (Å²) in [5.41, 5.74) is 0. The summed E-state index contributed by atoms with van der Waals surface area (Å²) >= 11 is 0. The number of aliphatic hydroxyl groups is 1. The van der Waals surface area contributed by atoms with E-state index >= 15 is 0 Å². The summed E-state index contributed by atoms with van der Waals surface area (Å²) in [5, 5.41) is 9.57. The number of hydrogen-bond acceptors (Lipinski definition) is 4. The van der Waals surface area contributed by atoms with Crippen LogP contribution >= 0.6 is 0 Å². The van der Waals surface area contributed by atoms with E-state index in [2.05, 4.69) is 38.2 Å². The molecule has 4 nitrogen and oxygen atoms in total. The van der Waals surface area contributed by atoms with Crippen molar-refractivity contribution in [3.8, 4) is 0 Å². The number of esters is 1. The van der Waals surface area contributed by atoms with Crippen LogP contribution in [0.4, 0.5) is 0 Å². The number of hydrogen-bond donors (Lipinski definition) is 1. The molecule has 0 aromatic carbocycles. The molecule has 0 aliphatic rings. The van der Waals surface area contributed by atoms with Crippen molar-refractivity contribution in [2.24, 2.45) is 0 Å². The highest BCUT2D eigenvalue weighted by atomic mass is 16.6. The van der Waals surface area contributed by atoms with Crippen molar-refractivity contribution in [3.05, 3.63) is 24.3 Å². The zero-order valence-electron chi connectivity index (χ0n) is 31.1. The molecule has 0 spiro atoms. The maximum atomic E-state index is 12.2. The van der Waals surface area contributed by atoms with E-state index in [1.54, 1.807) is 0 Å². The van der Waals surface area contributed by atoms with Gasteiger partial charge in [-0.25, -0.2) is 0 Å². The Morgan fingerprint density at radius 3 is 1.41 bits per heavy atom. The van der Waals surface area contributed by atoms with Gasteiger partial charge in [-0.05, 0) is 38.5 Å². The smallest absolute Gasteiger partial charge is 0.306 e. The summed E-state index contributed by atoms with van der Waals surface area (Å²) in [4.78, 5) is 12.2. The predicted octanol–water partition coefficient (Wildman–Crippen LogP) is 13.2. The van der Waals surface area contributed by atoms with Gasteiger partial charge >= 0.3 is 5.97 Å². The van der Waals surface area contributed by atoms with Crippen molar-refractivity contribution in [2.75, 3.05) is 19.8 Å². The molecule has 0 radical (unpaired) electrons. The van der Waals surface area contributed by atoms with Gasteiger partial charge in [0, 0.05) is 13.0 Å². The summed E-state index contributed by atoms with van der Waals surface area (Å²) in [6.45, 7) is 5.32. The van der Waals surface area contributed by atoms with E-state index in [1.807, 2.05) is 0 Å². The van der Waals surface area contributed by atoms with Crippen LogP contribution in [0.2, 0.25) is 0 Å². The topological polar surface area (TPSA) is 55.8 Å². The minimum absolute atomic E-state index is 0.174. The Morgan fingerprint density at radius 1 is 0.522 bits per heavy atom. The van der Waals surface area contributed by atoms with Crippen LogP contribution in [0, 0.1) is 0 Å². The van der Waals surface area contributed by atoms with Gasteiger partial charge in [0.2, 0.25) is 0 Å². The van der Waals surface area contributed by atoms with Crippen molar-refractivity contribution in [2.45, 2.75) is 219 Å². The number of allylic oxidation sites excluding steroid dienone is 4. The van der Waals surface area contributed by atoms with Gasteiger partial charge in [-0.15, -0.1) is 0 Å². The third-order valence-corrected chi connectivity index (χ3v) is 9.03. The lowest BCUT2D eigenvalue weighted by molar-refractivity contribution is -0.154. The Bertz CT molecular complexity index is 644. The molecule has 1 N–H and O–H groups in total. The van der Waals surface area contributed by atoms with Gasteiger partial charge in [-0.3, -0.25) is 4.79 Å². The fourth-order valence-corrected chi connectivity index (χ4v) is 5.93. The molecular formula is C42H80O4. The molecule has 0 aliphatic carbocycles. The minimum atomic E-state index is -0.536. The van der Waals surface area contributed by atoms with Gasteiger partial charge < -0.3 is 14.6 Å². The molecule has 0 saturated heterocycles. The standard InChI is InChI=1S/C42H80O4/c1-3-5-7-9-11-13-15-17-19-20-21-22-23-24-26-28-30-32-34-36-38-45-40-41(39-43)46-42(44)37-35-33-31-29-27-25-18-16-14-12-10-8-6-4-2/h10,12,16,18,41,43H,3-9,11,13-15,17,19-40H2,1-2H3/b12-10-,18-16-. The molecule has 272 valence electrons. The SMILES string of the molecule is CCCC/C=C\C/C=C\CCCCCCCC(=O)OC(CO)COCCCCCCCCCCCCCCCCCCCCCC. The molecule has 1 atom stereocenters. The molecule has 46 heavy (non-hydrogen) atoms. The molecule has 0 rings (SSSR count). The van der Waals surface area contributed by atoms with Gasteiger partial charge in [0.15, 0.2) is 0 Å². The second-order valence-electron chi connectivity index (χ2n) is 13.7. The van der Waals surface area contributed by atoms with Crippen molar-refractivity contribution in [3.63, 3.8) is 0 Å². The number of ether oxygens (including phenoxy) is 2. The normalized spacial score (nSPS) is 12.5. The van der Waals surface area contributed by atoms with Crippen LogP contribution in [-0.4, -0.2) is 37.0 Å². The fourth-order valence-electron chi connectivity index (χ4n) is 5.93. The molecule has 0 bridgehead atoms. The quantitative estimate of drug-likeness (QED) is 0.0411. The number of unbranched alkanes of at least 4 members (excludes halogenated alkanes) is 26. The Morgan fingerprint density at radius 2 is 0.935 bits per heavy atom. The summed E-state index contributed by atoms with van der Waals surface area (Å²) in [6.07, 6.45) is 48.0. The van der Waals surface area contributed by atoms with Crippen molar-refractivity contribution >= 4 is 5.97 Å². The maximum absolute atomic E-state index is 12.2. The first-order valence-corrected chi connectivity index (χ1v) is 20.4. The Hall–Kier alpha value is -1.13.